The molecule has 3 saturated heterocycles. The molecular weight excluding hydrogens is 230 g/mol. The average Bonchev–Trinajstić information content (AvgIpc) is 2.86. The summed E-state index contributed by atoms with van der Waals surface area (Å²) in [5.74, 6) is 0.755. The predicted molar refractivity (Wildman–Crippen MR) is 68.7 cm³/mol. The third kappa shape index (κ3) is 3.05. The largest absolute Gasteiger partial charge is 0.378 e. The number of rotatable bonds is 3. The smallest absolute Gasteiger partial charge is 0.0961 e. The van der Waals surface area contributed by atoms with Crippen LogP contribution in [0.2, 0.25) is 0 Å². The predicted octanol–water partition coefficient (Wildman–Crippen LogP) is 1.34. The van der Waals surface area contributed by atoms with Gasteiger partial charge in [-0.05, 0) is 38.3 Å². The molecule has 0 saturated carbocycles. The molecule has 3 aliphatic rings. The zero-order valence-electron chi connectivity index (χ0n) is 11.2. The monoisotopic (exact) mass is 255 g/mol. The Morgan fingerprint density at radius 3 is 2.83 bits per heavy atom. The summed E-state index contributed by atoms with van der Waals surface area (Å²) in [5.41, 5.74) is -0.0168. The summed E-state index contributed by atoms with van der Waals surface area (Å²) in [7, 11) is 0. The van der Waals surface area contributed by atoms with Crippen LogP contribution in [0.4, 0.5) is 0 Å². The molecule has 3 heterocycles. The van der Waals surface area contributed by atoms with E-state index in [1.807, 2.05) is 0 Å². The van der Waals surface area contributed by atoms with E-state index in [1.165, 1.54) is 12.8 Å². The van der Waals surface area contributed by atoms with Gasteiger partial charge >= 0.3 is 0 Å². The molecule has 2 unspecified atom stereocenters. The van der Waals surface area contributed by atoms with E-state index in [1.54, 1.807) is 0 Å². The van der Waals surface area contributed by atoms with Gasteiger partial charge in [-0.25, -0.2) is 0 Å². The van der Waals surface area contributed by atoms with Crippen LogP contribution in [0.25, 0.3) is 0 Å². The fourth-order valence-electron chi connectivity index (χ4n) is 3.31. The minimum Gasteiger partial charge on any atom is -0.378 e. The van der Waals surface area contributed by atoms with Crippen molar-refractivity contribution in [3.8, 4) is 0 Å². The van der Waals surface area contributed by atoms with Gasteiger partial charge in [0.05, 0.1) is 18.3 Å². The maximum atomic E-state index is 6.15. The summed E-state index contributed by atoms with van der Waals surface area (Å²) in [6.07, 6.45) is 6.02. The number of piperidine rings is 1. The van der Waals surface area contributed by atoms with Gasteiger partial charge in [0.15, 0.2) is 0 Å². The average molecular weight is 255 g/mol. The maximum absolute atomic E-state index is 6.15. The summed E-state index contributed by atoms with van der Waals surface area (Å²) in [5, 5.41) is 3.40. The normalized spacial score (nSPS) is 38.3. The lowest BCUT2D eigenvalue weighted by molar-refractivity contribution is -0.137. The van der Waals surface area contributed by atoms with Crippen LogP contribution in [0.15, 0.2) is 0 Å². The molecule has 0 aromatic rings. The van der Waals surface area contributed by atoms with Crippen LogP contribution in [0.1, 0.15) is 32.1 Å². The molecule has 1 spiro atoms. The highest BCUT2D eigenvalue weighted by Crippen LogP contribution is 2.34. The molecule has 18 heavy (non-hydrogen) atoms. The number of hydrogen-bond acceptors (Lipinski definition) is 4. The summed E-state index contributed by atoms with van der Waals surface area (Å²) >= 11 is 0. The van der Waals surface area contributed by atoms with Gasteiger partial charge in [-0.1, -0.05) is 0 Å². The third-order valence-corrected chi connectivity index (χ3v) is 4.54. The first-order valence-electron chi connectivity index (χ1n) is 7.40. The number of nitrogens with one attached hydrogen (secondary N) is 1. The highest BCUT2D eigenvalue weighted by molar-refractivity contribution is 4.91. The Morgan fingerprint density at radius 1 is 1.17 bits per heavy atom. The first kappa shape index (κ1) is 12.9. The van der Waals surface area contributed by atoms with Crippen molar-refractivity contribution >= 4 is 0 Å². The van der Waals surface area contributed by atoms with Crippen molar-refractivity contribution in [3.63, 3.8) is 0 Å². The van der Waals surface area contributed by atoms with Gasteiger partial charge < -0.3 is 19.5 Å². The lowest BCUT2D eigenvalue weighted by Crippen LogP contribution is -2.43. The van der Waals surface area contributed by atoms with Crippen LogP contribution in [-0.4, -0.2) is 51.2 Å². The maximum Gasteiger partial charge on any atom is 0.0961 e. The Morgan fingerprint density at radius 2 is 2.06 bits per heavy atom. The van der Waals surface area contributed by atoms with Crippen LogP contribution in [0, 0.1) is 5.92 Å². The van der Waals surface area contributed by atoms with Gasteiger partial charge in [0.1, 0.15) is 0 Å². The van der Waals surface area contributed by atoms with Crippen molar-refractivity contribution in [1.82, 2.24) is 5.32 Å². The van der Waals surface area contributed by atoms with E-state index < -0.39 is 0 Å². The van der Waals surface area contributed by atoms with E-state index in [4.69, 9.17) is 14.2 Å². The highest BCUT2D eigenvalue weighted by Gasteiger charge is 2.41. The fraction of sp³-hybridized carbons (Fsp3) is 1.00. The second kappa shape index (κ2) is 5.87. The van der Waals surface area contributed by atoms with Crippen molar-refractivity contribution in [2.45, 2.75) is 43.8 Å². The second-order valence-electron chi connectivity index (χ2n) is 5.98. The molecule has 2 atom stereocenters. The first-order valence-corrected chi connectivity index (χ1v) is 7.40. The zero-order chi connectivity index (χ0) is 12.3. The molecule has 3 fully saturated rings. The molecule has 104 valence electrons. The second-order valence-corrected chi connectivity index (χ2v) is 5.98. The van der Waals surface area contributed by atoms with Gasteiger partial charge in [-0.15, -0.1) is 0 Å². The molecule has 4 nitrogen and oxygen atoms in total. The minimum atomic E-state index is -0.0168. The minimum absolute atomic E-state index is 0.0168. The molecule has 4 heteroatoms. The molecule has 0 aliphatic carbocycles. The number of hydrogen-bond donors (Lipinski definition) is 1. The van der Waals surface area contributed by atoms with E-state index >= 15 is 0 Å². The molecule has 0 aromatic heterocycles. The Labute approximate surface area is 109 Å². The van der Waals surface area contributed by atoms with E-state index in [-0.39, 0.29) is 5.60 Å². The Hall–Kier alpha value is -0.160. The van der Waals surface area contributed by atoms with E-state index in [2.05, 4.69) is 5.32 Å². The van der Waals surface area contributed by atoms with Crippen LogP contribution >= 0.6 is 0 Å². The molecule has 3 rings (SSSR count). The number of ether oxygens (including phenoxy) is 3. The van der Waals surface area contributed by atoms with Gasteiger partial charge in [0.2, 0.25) is 0 Å². The van der Waals surface area contributed by atoms with E-state index in [9.17, 15) is 0 Å². The molecule has 1 N–H and O–H groups in total. The quantitative estimate of drug-likeness (QED) is 0.826. The standard InChI is InChI=1S/C14H25NO3/c1-5-15-6-2-12(1)10-17-13-3-7-18-14(9-13)4-8-16-11-14/h12-13,15H,1-11H2. The summed E-state index contributed by atoms with van der Waals surface area (Å²) in [4.78, 5) is 0. The Kier molecular flexibility index (Phi) is 4.19. The fourth-order valence-corrected chi connectivity index (χ4v) is 3.31. The van der Waals surface area contributed by atoms with Crippen molar-refractivity contribution in [2.24, 2.45) is 5.92 Å². The zero-order valence-corrected chi connectivity index (χ0v) is 11.2. The van der Waals surface area contributed by atoms with E-state index in [0.29, 0.717) is 6.10 Å². The molecular formula is C14H25NO3. The van der Waals surface area contributed by atoms with Gasteiger partial charge in [-0.2, -0.15) is 0 Å². The SMILES string of the molecule is C1CC(COC2CCOC3(CCOC3)C2)CCN1. The molecule has 3 aliphatic heterocycles. The van der Waals surface area contributed by atoms with Crippen molar-refractivity contribution in [2.75, 3.05) is 39.5 Å². The van der Waals surface area contributed by atoms with Crippen molar-refractivity contribution in [1.29, 1.82) is 0 Å². The van der Waals surface area contributed by atoms with Crippen LogP contribution in [0.5, 0.6) is 0 Å². The van der Waals surface area contributed by atoms with Crippen molar-refractivity contribution < 1.29 is 14.2 Å². The molecule has 0 amide bonds. The summed E-state index contributed by atoms with van der Waals surface area (Å²) in [6, 6.07) is 0. The Bertz CT molecular complexity index is 260. The van der Waals surface area contributed by atoms with Crippen molar-refractivity contribution in [3.05, 3.63) is 0 Å². The van der Waals surface area contributed by atoms with Crippen LogP contribution in [-0.2, 0) is 14.2 Å². The van der Waals surface area contributed by atoms with Gasteiger partial charge in [-0.3, -0.25) is 0 Å². The molecule has 0 bridgehead atoms. The lowest BCUT2D eigenvalue weighted by atomic mass is 9.91. The van der Waals surface area contributed by atoms with Crippen LogP contribution < -0.4 is 5.32 Å². The summed E-state index contributed by atoms with van der Waals surface area (Å²) < 4.78 is 17.6. The first-order chi connectivity index (χ1) is 8.86. The highest BCUT2D eigenvalue weighted by atomic mass is 16.6. The summed E-state index contributed by atoms with van der Waals surface area (Å²) in [6.45, 7) is 5.68. The lowest BCUT2D eigenvalue weighted by Gasteiger charge is -2.37. The molecule has 0 aromatic carbocycles. The van der Waals surface area contributed by atoms with Gasteiger partial charge in [0, 0.05) is 32.7 Å². The topological polar surface area (TPSA) is 39.7 Å². The Balaban J connectivity index is 1.44. The van der Waals surface area contributed by atoms with E-state index in [0.717, 1.165) is 64.7 Å². The van der Waals surface area contributed by atoms with Crippen LogP contribution in [0.3, 0.4) is 0 Å². The third-order valence-electron chi connectivity index (χ3n) is 4.54. The van der Waals surface area contributed by atoms with Gasteiger partial charge in [0.25, 0.3) is 0 Å². The molecule has 0 radical (unpaired) electrons.